The molecule has 3 rings (SSSR count). The van der Waals surface area contributed by atoms with Gasteiger partial charge in [0.05, 0.1) is 5.92 Å². The van der Waals surface area contributed by atoms with Gasteiger partial charge in [-0.05, 0) is 45.6 Å². The lowest BCUT2D eigenvalue weighted by molar-refractivity contribution is 0.0446. The first-order valence-corrected chi connectivity index (χ1v) is 11.7. The van der Waals surface area contributed by atoms with Crippen molar-refractivity contribution in [3.8, 4) is 0 Å². The van der Waals surface area contributed by atoms with E-state index < -0.39 is 17.7 Å². The number of ether oxygens (including phenoxy) is 1. The quantitative estimate of drug-likeness (QED) is 0.623. The molecule has 1 heterocycles. The van der Waals surface area contributed by atoms with Crippen molar-refractivity contribution in [1.29, 1.82) is 0 Å². The fourth-order valence-corrected chi connectivity index (χ4v) is 4.43. The van der Waals surface area contributed by atoms with Crippen LogP contribution in [0.25, 0.3) is 0 Å². The summed E-state index contributed by atoms with van der Waals surface area (Å²) < 4.78 is 11.0. The molecule has 0 saturated heterocycles. The first kappa shape index (κ1) is 25.5. The van der Waals surface area contributed by atoms with Gasteiger partial charge in [-0.15, -0.1) is 0 Å². The van der Waals surface area contributed by atoms with Crippen LogP contribution in [0.3, 0.4) is 0 Å². The lowest BCUT2D eigenvalue weighted by Gasteiger charge is -2.44. The van der Waals surface area contributed by atoms with E-state index >= 15 is 0 Å². The maximum Gasteiger partial charge on any atom is 0.407 e. The molecule has 1 aromatic carbocycles. The van der Waals surface area contributed by atoms with Crippen molar-refractivity contribution in [3.05, 3.63) is 47.6 Å². The van der Waals surface area contributed by atoms with E-state index in [4.69, 9.17) is 9.26 Å². The summed E-state index contributed by atoms with van der Waals surface area (Å²) >= 11 is 0. The van der Waals surface area contributed by atoms with E-state index in [1.54, 1.807) is 0 Å². The smallest absolute Gasteiger partial charge is 0.407 e. The number of carbonyl (C=O) groups is 2. The van der Waals surface area contributed by atoms with Gasteiger partial charge in [0.2, 0.25) is 5.89 Å². The van der Waals surface area contributed by atoms with Crippen molar-refractivity contribution >= 4 is 12.2 Å². The Morgan fingerprint density at radius 2 is 1.82 bits per heavy atom. The second-order valence-corrected chi connectivity index (χ2v) is 10.9. The third kappa shape index (κ3) is 6.27. The first-order chi connectivity index (χ1) is 15.9. The number of carbonyl (C=O) groups excluding carboxylic acids is 1. The number of rotatable bonds is 5. The van der Waals surface area contributed by atoms with Gasteiger partial charge in [0.25, 0.3) is 0 Å². The van der Waals surface area contributed by atoms with Crippen molar-refractivity contribution in [3.63, 3.8) is 0 Å². The van der Waals surface area contributed by atoms with E-state index in [-0.39, 0.29) is 30.0 Å². The second kappa shape index (κ2) is 10.0. The molecule has 1 aromatic heterocycles. The van der Waals surface area contributed by atoms with Gasteiger partial charge < -0.3 is 24.6 Å². The monoisotopic (exact) mass is 472 g/mol. The molecule has 1 fully saturated rings. The summed E-state index contributed by atoms with van der Waals surface area (Å²) in [6.07, 6.45) is 0.121. The van der Waals surface area contributed by atoms with Gasteiger partial charge in [0.1, 0.15) is 6.61 Å². The van der Waals surface area contributed by atoms with Crippen LogP contribution in [0, 0.1) is 0 Å². The highest BCUT2D eigenvalue weighted by molar-refractivity contribution is 5.68. The van der Waals surface area contributed by atoms with Crippen LogP contribution in [-0.2, 0) is 16.8 Å². The number of hydrogen-bond donors (Lipinski definition) is 2. The molecule has 2 aromatic rings. The third-order valence-electron chi connectivity index (χ3n) is 6.06. The maximum atomic E-state index is 12.6. The van der Waals surface area contributed by atoms with E-state index in [0.29, 0.717) is 31.0 Å². The van der Waals surface area contributed by atoms with Gasteiger partial charge in [0, 0.05) is 23.0 Å². The Balaban J connectivity index is 1.79. The zero-order valence-corrected chi connectivity index (χ0v) is 20.9. The van der Waals surface area contributed by atoms with Crippen LogP contribution in [0.15, 0.2) is 34.9 Å². The molecule has 0 aliphatic heterocycles. The highest BCUT2D eigenvalue weighted by Gasteiger charge is 2.43. The Kier molecular flexibility index (Phi) is 7.53. The molecular weight excluding hydrogens is 436 g/mol. The van der Waals surface area contributed by atoms with Crippen molar-refractivity contribution < 1.29 is 24.0 Å². The SMILES string of the molecule is CC(C)(C)c1noc([C@@H]2C[C@H](N(C(=O)O)C(C)(C)C)CC[C@@H]2NC(=O)OCc2ccccc2)n1. The number of benzene rings is 1. The zero-order valence-electron chi connectivity index (χ0n) is 20.9. The van der Waals surface area contributed by atoms with Crippen LogP contribution in [0.4, 0.5) is 9.59 Å². The average Bonchev–Trinajstić information content (AvgIpc) is 3.23. The molecule has 0 unspecified atom stereocenters. The predicted octanol–water partition coefficient (Wildman–Crippen LogP) is 5.08. The Morgan fingerprint density at radius 1 is 1.15 bits per heavy atom. The Labute approximate surface area is 200 Å². The van der Waals surface area contributed by atoms with E-state index in [1.165, 1.54) is 4.90 Å². The third-order valence-corrected chi connectivity index (χ3v) is 6.06. The highest BCUT2D eigenvalue weighted by atomic mass is 16.5. The van der Waals surface area contributed by atoms with Crippen LogP contribution in [0.5, 0.6) is 0 Å². The van der Waals surface area contributed by atoms with Gasteiger partial charge in [-0.2, -0.15) is 4.98 Å². The summed E-state index contributed by atoms with van der Waals surface area (Å²) in [4.78, 5) is 30.8. The molecule has 2 amide bonds. The minimum Gasteiger partial charge on any atom is -0.465 e. The molecule has 34 heavy (non-hydrogen) atoms. The Morgan fingerprint density at radius 3 is 2.38 bits per heavy atom. The summed E-state index contributed by atoms with van der Waals surface area (Å²) in [5.41, 5.74) is 0.0274. The topological polar surface area (TPSA) is 118 Å². The number of aromatic nitrogens is 2. The lowest BCUT2D eigenvalue weighted by Crippen LogP contribution is -2.55. The molecular formula is C25H36N4O5. The van der Waals surface area contributed by atoms with E-state index in [1.807, 2.05) is 71.9 Å². The minimum atomic E-state index is -0.967. The van der Waals surface area contributed by atoms with Gasteiger partial charge >= 0.3 is 12.2 Å². The molecule has 0 spiro atoms. The largest absolute Gasteiger partial charge is 0.465 e. The number of amides is 2. The number of alkyl carbamates (subject to hydrolysis) is 1. The summed E-state index contributed by atoms with van der Waals surface area (Å²) in [7, 11) is 0. The highest BCUT2D eigenvalue weighted by Crippen LogP contribution is 2.38. The van der Waals surface area contributed by atoms with Crippen molar-refractivity contribution in [2.75, 3.05) is 0 Å². The predicted molar refractivity (Wildman–Crippen MR) is 127 cm³/mol. The second-order valence-electron chi connectivity index (χ2n) is 10.9. The van der Waals surface area contributed by atoms with E-state index in [2.05, 4.69) is 15.5 Å². The summed E-state index contributed by atoms with van der Waals surface area (Å²) in [5, 5.41) is 17.0. The molecule has 9 heteroatoms. The van der Waals surface area contributed by atoms with Crippen molar-refractivity contribution in [2.24, 2.45) is 0 Å². The fourth-order valence-electron chi connectivity index (χ4n) is 4.43. The fraction of sp³-hybridized carbons (Fsp3) is 0.600. The van der Waals surface area contributed by atoms with Crippen LogP contribution >= 0.6 is 0 Å². The number of nitrogens with one attached hydrogen (secondary N) is 1. The number of nitrogens with zero attached hydrogens (tertiary/aromatic N) is 3. The minimum absolute atomic E-state index is 0.165. The maximum absolute atomic E-state index is 12.6. The van der Waals surface area contributed by atoms with E-state index in [9.17, 15) is 14.7 Å². The summed E-state index contributed by atoms with van der Waals surface area (Å²) in [6.45, 7) is 11.8. The molecule has 1 aliphatic carbocycles. The van der Waals surface area contributed by atoms with Gasteiger partial charge in [0.15, 0.2) is 5.82 Å². The number of hydrogen-bond acceptors (Lipinski definition) is 6. The van der Waals surface area contributed by atoms with Crippen LogP contribution < -0.4 is 5.32 Å². The van der Waals surface area contributed by atoms with Gasteiger partial charge in [-0.3, -0.25) is 0 Å². The Hall–Kier alpha value is -3.10. The average molecular weight is 473 g/mol. The number of carboxylic acid groups (broad SMARTS) is 1. The molecule has 0 radical (unpaired) electrons. The van der Waals surface area contributed by atoms with E-state index in [0.717, 1.165) is 5.56 Å². The molecule has 3 atom stereocenters. The zero-order chi connectivity index (χ0) is 25.1. The summed E-state index contributed by atoms with van der Waals surface area (Å²) in [5.74, 6) is 0.638. The van der Waals surface area contributed by atoms with Crippen LogP contribution in [0.2, 0.25) is 0 Å². The van der Waals surface area contributed by atoms with Gasteiger partial charge in [-0.25, -0.2) is 9.59 Å². The lowest BCUT2D eigenvalue weighted by atomic mass is 9.79. The molecule has 1 saturated carbocycles. The van der Waals surface area contributed by atoms with Crippen LogP contribution in [0.1, 0.15) is 84.0 Å². The molecule has 9 nitrogen and oxygen atoms in total. The molecule has 0 bridgehead atoms. The van der Waals surface area contributed by atoms with Crippen molar-refractivity contribution in [2.45, 2.75) is 96.4 Å². The standard InChI is InChI=1S/C25H36N4O5/c1-24(2,3)21-27-20(34-28-21)18-14-17(29(23(31)32)25(4,5)6)12-13-19(18)26-22(30)33-15-16-10-8-7-9-11-16/h7-11,17-19H,12-15H2,1-6H3,(H,26,30)(H,31,32)/t17-,18-,19+/m1/s1. The molecule has 1 aliphatic rings. The van der Waals surface area contributed by atoms with Gasteiger partial charge in [-0.1, -0.05) is 56.3 Å². The van der Waals surface area contributed by atoms with Crippen LogP contribution in [-0.4, -0.2) is 50.0 Å². The normalized spacial score (nSPS) is 21.1. The summed E-state index contributed by atoms with van der Waals surface area (Å²) in [6, 6.07) is 8.90. The van der Waals surface area contributed by atoms with Crippen molar-refractivity contribution in [1.82, 2.24) is 20.4 Å². The molecule has 2 N–H and O–H groups in total. The Bertz CT molecular complexity index is 977. The first-order valence-electron chi connectivity index (χ1n) is 11.7. The molecule has 186 valence electrons.